The van der Waals surface area contributed by atoms with Crippen molar-refractivity contribution in [3.63, 3.8) is 0 Å². The lowest BCUT2D eigenvalue weighted by Crippen LogP contribution is -2.26. The zero-order valence-electron chi connectivity index (χ0n) is 7.03. The first-order valence-electron chi connectivity index (χ1n) is 3.58. The maximum Gasteiger partial charge on any atom is 0.336 e. The quantitative estimate of drug-likeness (QED) is 0.498. The molecule has 11 heavy (non-hydrogen) atoms. The third-order valence-electron chi connectivity index (χ3n) is 1.90. The van der Waals surface area contributed by atoms with E-state index in [0.717, 1.165) is 0 Å². The predicted molar refractivity (Wildman–Crippen MR) is 39.0 cm³/mol. The zero-order chi connectivity index (χ0) is 8.43. The zero-order valence-corrected chi connectivity index (χ0v) is 7.03. The molecule has 0 spiro atoms. The minimum atomic E-state index is -0.403. The fraction of sp³-hybridized carbons (Fsp3) is 0.857. The van der Waals surface area contributed by atoms with Crippen molar-refractivity contribution in [3.8, 4) is 0 Å². The molecular weight excluding hydrogens is 146 g/mol. The Labute approximate surface area is 66.1 Å². The molecule has 1 aliphatic heterocycles. The number of esters is 1. The second-order valence-corrected chi connectivity index (χ2v) is 2.69. The van der Waals surface area contributed by atoms with Crippen LogP contribution in [-0.2, 0) is 14.3 Å². The molecule has 4 heteroatoms. The van der Waals surface area contributed by atoms with Crippen molar-refractivity contribution >= 4 is 5.97 Å². The summed E-state index contributed by atoms with van der Waals surface area (Å²) in [5, 5.41) is 0. The molecule has 0 aromatic heterocycles. The van der Waals surface area contributed by atoms with Crippen LogP contribution in [0.3, 0.4) is 0 Å². The third kappa shape index (κ3) is 1.70. The number of likely N-dealkylation sites (N-methyl/N-ethyl adjacent to an activating group) is 1. The van der Waals surface area contributed by atoms with Gasteiger partial charge in [-0.1, -0.05) is 0 Å². The van der Waals surface area contributed by atoms with Crippen LogP contribution < -0.4 is 0 Å². The Balaban J connectivity index is 2.46. The third-order valence-corrected chi connectivity index (χ3v) is 1.90. The summed E-state index contributed by atoms with van der Waals surface area (Å²) in [5.41, 5.74) is 0. The number of hydrogen-bond donors (Lipinski definition) is 0. The molecule has 64 valence electrons. The summed E-state index contributed by atoms with van der Waals surface area (Å²) in [7, 11) is 3.28. The van der Waals surface area contributed by atoms with Crippen LogP contribution >= 0.6 is 0 Å². The Morgan fingerprint density at radius 2 is 2.36 bits per heavy atom. The van der Waals surface area contributed by atoms with Gasteiger partial charge >= 0.3 is 5.97 Å². The van der Waals surface area contributed by atoms with E-state index in [4.69, 9.17) is 4.74 Å². The highest BCUT2D eigenvalue weighted by atomic mass is 16.6. The second-order valence-electron chi connectivity index (χ2n) is 2.69. The number of ether oxygens (including phenoxy) is 2. The smallest absolute Gasteiger partial charge is 0.336 e. The molecule has 1 fully saturated rings. The maximum absolute atomic E-state index is 10.9. The topological polar surface area (TPSA) is 38.8 Å². The van der Waals surface area contributed by atoms with E-state index >= 15 is 0 Å². The highest BCUT2D eigenvalue weighted by molar-refractivity contribution is 5.75. The fourth-order valence-electron chi connectivity index (χ4n) is 1.06. The molecule has 0 radical (unpaired) electrons. The number of carbonyl (C=O) groups is 1. The van der Waals surface area contributed by atoms with Crippen molar-refractivity contribution in [1.82, 2.24) is 4.90 Å². The molecular formula is C7H13NO3. The number of carbonyl (C=O) groups excluding carboxylic acids is 1. The Morgan fingerprint density at radius 1 is 1.73 bits per heavy atom. The van der Waals surface area contributed by atoms with Crippen LogP contribution in [0.2, 0.25) is 0 Å². The van der Waals surface area contributed by atoms with Gasteiger partial charge in [0.25, 0.3) is 0 Å². The summed E-state index contributed by atoms with van der Waals surface area (Å²) in [5.74, 6) is -0.291. The van der Waals surface area contributed by atoms with Crippen molar-refractivity contribution in [2.75, 3.05) is 20.7 Å². The standard InChI is InChI=1S/C7H13NO3/c1-5-8(2)4-6(11-5)7(9)10-3/h5-6H,4H2,1-3H3/t5?,6-/m1/s1. The van der Waals surface area contributed by atoms with Crippen LogP contribution in [0.1, 0.15) is 6.92 Å². The van der Waals surface area contributed by atoms with E-state index in [1.54, 1.807) is 0 Å². The van der Waals surface area contributed by atoms with Gasteiger partial charge in [0.15, 0.2) is 6.10 Å². The van der Waals surface area contributed by atoms with E-state index in [9.17, 15) is 4.79 Å². The molecule has 0 aliphatic carbocycles. The molecule has 2 atom stereocenters. The Kier molecular flexibility index (Phi) is 2.46. The highest BCUT2D eigenvalue weighted by Gasteiger charge is 2.32. The first kappa shape index (κ1) is 8.49. The van der Waals surface area contributed by atoms with Gasteiger partial charge in [-0.25, -0.2) is 4.79 Å². The average molecular weight is 159 g/mol. The van der Waals surface area contributed by atoms with Gasteiger partial charge in [-0.15, -0.1) is 0 Å². The lowest BCUT2D eigenvalue weighted by molar-refractivity contribution is -0.152. The van der Waals surface area contributed by atoms with Crippen LogP contribution in [0.4, 0.5) is 0 Å². The summed E-state index contributed by atoms with van der Waals surface area (Å²) in [6.07, 6.45) is -0.390. The highest BCUT2D eigenvalue weighted by Crippen LogP contribution is 2.13. The van der Waals surface area contributed by atoms with E-state index in [2.05, 4.69) is 4.74 Å². The minimum absolute atomic E-state index is 0.0131. The van der Waals surface area contributed by atoms with Crippen LogP contribution in [-0.4, -0.2) is 43.9 Å². The van der Waals surface area contributed by atoms with Gasteiger partial charge in [0.05, 0.1) is 7.11 Å². The van der Waals surface area contributed by atoms with Crippen molar-refractivity contribution < 1.29 is 14.3 Å². The van der Waals surface area contributed by atoms with Gasteiger partial charge in [0.1, 0.15) is 6.23 Å². The van der Waals surface area contributed by atoms with Crippen molar-refractivity contribution in [2.24, 2.45) is 0 Å². The lowest BCUT2D eigenvalue weighted by atomic mass is 10.3. The van der Waals surface area contributed by atoms with Crippen molar-refractivity contribution in [3.05, 3.63) is 0 Å². The lowest BCUT2D eigenvalue weighted by Gasteiger charge is -2.10. The molecule has 1 rings (SSSR count). The van der Waals surface area contributed by atoms with E-state index in [-0.39, 0.29) is 12.2 Å². The van der Waals surface area contributed by atoms with E-state index in [1.165, 1.54) is 7.11 Å². The molecule has 1 unspecified atom stereocenters. The van der Waals surface area contributed by atoms with Gasteiger partial charge in [0, 0.05) is 6.54 Å². The number of methoxy groups -OCH3 is 1. The second kappa shape index (κ2) is 3.19. The van der Waals surface area contributed by atoms with Crippen LogP contribution in [0.15, 0.2) is 0 Å². The largest absolute Gasteiger partial charge is 0.467 e. The Hall–Kier alpha value is -0.610. The van der Waals surface area contributed by atoms with Crippen molar-refractivity contribution in [2.45, 2.75) is 19.3 Å². The summed E-state index contributed by atoms with van der Waals surface area (Å²) >= 11 is 0. The normalized spacial score (nSPS) is 32.3. The van der Waals surface area contributed by atoms with Crippen LogP contribution in [0.5, 0.6) is 0 Å². The molecule has 1 heterocycles. The van der Waals surface area contributed by atoms with Gasteiger partial charge in [-0.05, 0) is 14.0 Å². The summed E-state index contributed by atoms with van der Waals surface area (Å²) < 4.78 is 9.82. The average Bonchev–Trinajstić information content (AvgIpc) is 2.31. The number of hydrogen-bond acceptors (Lipinski definition) is 4. The molecule has 0 bridgehead atoms. The molecule has 0 aromatic rings. The molecule has 4 nitrogen and oxygen atoms in total. The number of rotatable bonds is 1. The van der Waals surface area contributed by atoms with Gasteiger partial charge < -0.3 is 9.47 Å². The fourth-order valence-corrected chi connectivity index (χ4v) is 1.06. The molecule has 1 saturated heterocycles. The van der Waals surface area contributed by atoms with Crippen molar-refractivity contribution in [1.29, 1.82) is 0 Å². The molecule has 0 N–H and O–H groups in total. The summed E-state index contributed by atoms with van der Waals surface area (Å²) in [6, 6.07) is 0. The minimum Gasteiger partial charge on any atom is -0.467 e. The van der Waals surface area contributed by atoms with E-state index in [1.807, 2.05) is 18.9 Å². The van der Waals surface area contributed by atoms with Gasteiger partial charge in [-0.2, -0.15) is 0 Å². The van der Waals surface area contributed by atoms with Crippen LogP contribution in [0, 0.1) is 0 Å². The van der Waals surface area contributed by atoms with Gasteiger partial charge in [0.2, 0.25) is 0 Å². The predicted octanol–water partition coefficient (Wildman–Crippen LogP) is -0.164. The molecule has 0 aromatic carbocycles. The van der Waals surface area contributed by atoms with Gasteiger partial charge in [-0.3, -0.25) is 4.90 Å². The molecule has 1 aliphatic rings. The number of nitrogens with zero attached hydrogens (tertiary/aromatic N) is 1. The van der Waals surface area contributed by atoms with Crippen LogP contribution in [0.25, 0.3) is 0 Å². The Bertz CT molecular complexity index is 150. The van der Waals surface area contributed by atoms with E-state index in [0.29, 0.717) is 6.54 Å². The summed E-state index contributed by atoms with van der Waals surface area (Å²) in [4.78, 5) is 12.9. The molecule has 0 saturated carbocycles. The first-order valence-corrected chi connectivity index (χ1v) is 3.58. The summed E-state index contributed by atoms with van der Waals surface area (Å²) in [6.45, 7) is 2.52. The van der Waals surface area contributed by atoms with E-state index < -0.39 is 6.10 Å². The SMILES string of the molecule is COC(=O)[C@H]1CN(C)C(C)O1. The first-order chi connectivity index (χ1) is 5.15. The molecule has 0 amide bonds. The monoisotopic (exact) mass is 159 g/mol. The maximum atomic E-state index is 10.9. The Morgan fingerprint density at radius 3 is 2.73 bits per heavy atom.